The predicted octanol–water partition coefficient (Wildman–Crippen LogP) is 1.75. The second-order valence-electron chi connectivity index (χ2n) is 4.89. The van der Waals surface area contributed by atoms with Crippen molar-refractivity contribution < 1.29 is 9.90 Å². The first-order valence-electron chi connectivity index (χ1n) is 6.35. The van der Waals surface area contributed by atoms with Crippen LogP contribution in [0.2, 0.25) is 0 Å². The maximum Gasteiger partial charge on any atom is 0.318 e. The Labute approximate surface area is 108 Å². The van der Waals surface area contributed by atoms with E-state index in [1.54, 1.807) is 4.90 Å². The Hall–Kier alpha value is -1.55. The normalized spacial score (nSPS) is 19.2. The second kappa shape index (κ2) is 5.40. The fraction of sp³-hybridized carbons (Fsp3) is 0.500. The Morgan fingerprint density at radius 3 is 2.89 bits per heavy atom. The number of nitrogens with one attached hydrogen (secondary N) is 1. The van der Waals surface area contributed by atoms with Gasteiger partial charge < -0.3 is 15.3 Å². The molecule has 98 valence electrons. The third-order valence-electron chi connectivity index (χ3n) is 3.37. The van der Waals surface area contributed by atoms with E-state index in [-0.39, 0.29) is 18.7 Å². The Morgan fingerprint density at radius 2 is 2.22 bits per heavy atom. The molecule has 1 heterocycles. The first kappa shape index (κ1) is 12.9. The molecule has 2 rings (SSSR count). The first-order chi connectivity index (χ1) is 8.61. The molecule has 1 atom stereocenters. The highest BCUT2D eigenvalue weighted by Gasteiger charge is 2.29. The summed E-state index contributed by atoms with van der Waals surface area (Å²) in [4.78, 5) is 13.5. The molecule has 1 aliphatic rings. The van der Waals surface area contributed by atoms with Crippen molar-refractivity contribution in [3.63, 3.8) is 0 Å². The smallest absolute Gasteiger partial charge is 0.318 e. The number of carbonyl (C=O) groups excluding carboxylic acids is 1. The van der Waals surface area contributed by atoms with Crippen LogP contribution in [0.25, 0.3) is 0 Å². The fourth-order valence-corrected chi connectivity index (χ4v) is 2.44. The van der Waals surface area contributed by atoms with E-state index in [0.717, 1.165) is 0 Å². The van der Waals surface area contributed by atoms with Crippen molar-refractivity contribution in [2.24, 2.45) is 0 Å². The highest BCUT2D eigenvalue weighted by atomic mass is 16.3. The standard InChI is InChI=1S/C14H20N2O2/c1-10-4-5-12(11(2)8-10)13-9-16(6-3-7-17)14(18)15-13/h4-5,8,13,17H,3,6-7,9H2,1-2H3,(H,15,18). The Morgan fingerprint density at radius 1 is 1.44 bits per heavy atom. The van der Waals surface area contributed by atoms with Crippen molar-refractivity contribution in [3.8, 4) is 0 Å². The monoisotopic (exact) mass is 248 g/mol. The van der Waals surface area contributed by atoms with Crippen LogP contribution in [-0.4, -0.2) is 35.7 Å². The number of urea groups is 1. The molecule has 4 nitrogen and oxygen atoms in total. The number of nitrogens with zero attached hydrogens (tertiary/aromatic N) is 1. The van der Waals surface area contributed by atoms with E-state index in [9.17, 15) is 4.79 Å². The van der Waals surface area contributed by atoms with Crippen molar-refractivity contribution in [2.45, 2.75) is 26.3 Å². The Kier molecular flexibility index (Phi) is 3.87. The van der Waals surface area contributed by atoms with Gasteiger partial charge in [0.2, 0.25) is 0 Å². The minimum absolute atomic E-state index is 0.0339. The van der Waals surface area contributed by atoms with Crippen LogP contribution in [-0.2, 0) is 0 Å². The maximum atomic E-state index is 11.8. The van der Waals surface area contributed by atoms with Crippen LogP contribution >= 0.6 is 0 Å². The van der Waals surface area contributed by atoms with E-state index in [0.29, 0.717) is 19.5 Å². The Balaban J connectivity index is 2.09. The van der Waals surface area contributed by atoms with Crippen LogP contribution in [0.4, 0.5) is 4.79 Å². The van der Waals surface area contributed by atoms with Gasteiger partial charge in [-0.25, -0.2) is 4.79 Å². The molecule has 1 fully saturated rings. The zero-order chi connectivity index (χ0) is 13.1. The Bertz CT molecular complexity index is 445. The average molecular weight is 248 g/mol. The molecule has 2 amide bonds. The van der Waals surface area contributed by atoms with Crippen LogP contribution in [0.1, 0.15) is 29.2 Å². The van der Waals surface area contributed by atoms with Gasteiger partial charge in [0.25, 0.3) is 0 Å². The van der Waals surface area contributed by atoms with Gasteiger partial charge in [-0.05, 0) is 31.4 Å². The minimum atomic E-state index is -0.0339. The van der Waals surface area contributed by atoms with Gasteiger partial charge in [-0.3, -0.25) is 0 Å². The number of hydrogen-bond acceptors (Lipinski definition) is 2. The van der Waals surface area contributed by atoms with Crippen molar-refractivity contribution in [3.05, 3.63) is 34.9 Å². The number of carbonyl (C=O) groups is 1. The summed E-state index contributed by atoms with van der Waals surface area (Å²) < 4.78 is 0. The third-order valence-corrected chi connectivity index (χ3v) is 3.37. The molecule has 1 aromatic rings. The molecule has 18 heavy (non-hydrogen) atoms. The van der Waals surface area contributed by atoms with Gasteiger partial charge in [0.1, 0.15) is 0 Å². The van der Waals surface area contributed by atoms with Crippen molar-refractivity contribution >= 4 is 6.03 Å². The minimum Gasteiger partial charge on any atom is -0.396 e. The summed E-state index contributed by atoms with van der Waals surface area (Å²) in [5, 5.41) is 11.8. The van der Waals surface area contributed by atoms with E-state index < -0.39 is 0 Å². The van der Waals surface area contributed by atoms with E-state index in [2.05, 4.69) is 37.4 Å². The lowest BCUT2D eigenvalue weighted by atomic mass is 10.00. The summed E-state index contributed by atoms with van der Waals surface area (Å²) in [5.41, 5.74) is 3.63. The molecule has 4 heteroatoms. The van der Waals surface area contributed by atoms with Gasteiger partial charge in [-0.2, -0.15) is 0 Å². The lowest BCUT2D eigenvalue weighted by Gasteiger charge is -2.15. The lowest BCUT2D eigenvalue weighted by molar-refractivity contribution is 0.209. The predicted molar refractivity (Wildman–Crippen MR) is 70.5 cm³/mol. The van der Waals surface area contributed by atoms with Crippen LogP contribution in [0, 0.1) is 13.8 Å². The number of aliphatic hydroxyl groups excluding tert-OH is 1. The average Bonchev–Trinajstić information content (AvgIpc) is 2.68. The van der Waals surface area contributed by atoms with Crippen molar-refractivity contribution in [1.29, 1.82) is 0 Å². The van der Waals surface area contributed by atoms with Gasteiger partial charge in [-0.1, -0.05) is 23.8 Å². The molecule has 0 bridgehead atoms. The van der Waals surface area contributed by atoms with E-state index in [4.69, 9.17) is 5.11 Å². The number of aliphatic hydroxyl groups is 1. The molecule has 0 radical (unpaired) electrons. The molecule has 0 spiro atoms. The number of hydrogen-bond donors (Lipinski definition) is 2. The number of aryl methyl sites for hydroxylation is 2. The van der Waals surface area contributed by atoms with Crippen LogP contribution in [0.3, 0.4) is 0 Å². The number of benzene rings is 1. The van der Waals surface area contributed by atoms with Crippen molar-refractivity contribution in [1.82, 2.24) is 10.2 Å². The lowest BCUT2D eigenvalue weighted by Crippen LogP contribution is -2.29. The molecule has 1 unspecified atom stereocenters. The molecule has 0 aliphatic carbocycles. The number of amides is 2. The summed E-state index contributed by atoms with van der Waals surface area (Å²) in [7, 11) is 0. The number of rotatable bonds is 4. The zero-order valence-corrected chi connectivity index (χ0v) is 10.9. The molecule has 1 aliphatic heterocycles. The SMILES string of the molecule is Cc1ccc(C2CN(CCCO)C(=O)N2)c(C)c1. The van der Waals surface area contributed by atoms with E-state index >= 15 is 0 Å². The van der Waals surface area contributed by atoms with Crippen LogP contribution in [0.5, 0.6) is 0 Å². The largest absolute Gasteiger partial charge is 0.396 e. The van der Waals surface area contributed by atoms with E-state index in [1.807, 2.05) is 0 Å². The fourth-order valence-electron chi connectivity index (χ4n) is 2.44. The third kappa shape index (κ3) is 2.64. The molecule has 2 N–H and O–H groups in total. The highest BCUT2D eigenvalue weighted by Crippen LogP contribution is 2.24. The van der Waals surface area contributed by atoms with Gasteiger partial charge in [0, 0.05) is 19.7 Å². The summed E-state index contributed by atoms with van der Waals surface area (Å²) in [6.45, 7) is 5.56. The molecular formula is C14H20N2O2. The highest BCUT2D eigenvalue weighted by molar-refractivity contribution is 5.77. The summed E-state index contributed by atoms with van der Waals surface area (Å²) >= 11 is 0. The molecule has 1 saturated heterocycles. The first-order valence-corrected chi connectivity index (χ1v) is 6.35. The van der Waals surface area contributed by atoms with Crippen molar-refractivity contribution in [2.75, 3.05) is 19.7 Å². The molecule has 0 aromatic heterocycles. The topological polar surface area (TPSA) is 52.6 Å². The van der Waals surface area contributed by atoms with Crippen LogP contribution < -0.4 is 5.32 Å². The molecule has 1 aromatic carbocycles. The quantitative estimate of drug-likeness (QED) is 0.853. The van der Waals surface area contributed by atoms with Gasteiger partial charge >= 0.3 is 6.03 Å². The summed E-state index contributed by atoms with van der Waals surface area (Å²) in [6, 6.07) is 6.33. The second-order valence-corrected chi connectivity index (χ2v) is 4.89. The van der Waals surface area contributed by atoms with Gasteiger partial charge in [0.15, 0.2) is 0 Å². The van der Waals surface area contributed by atoms with Gasteiger partial charge in [-0.15, -0.1) is 0 Å². The summed E-state index contributed by atoms with van der Waals surface area (Å²) in [5.74, 6) is 0. The zero-order valence-electron chi connectivity index (χ0n) is 10.9. The van der Waals surface area contributed by atoms with Crippen LogP contribution in [0.15, 0.2) is 18.2 Å². The molecular weight excluding hydrogens is 228 g/mol. The summed E-state index contributed by atoms with van der Waals surface area (Å²) in [6.07, 6.45) is 0.632. The van der Waals surface area contributed by atoms with Gasteiger partial charge in [0.05, 0.1) is 6.04 Å². The molecule has 0 saturated carbocycles. The van der Waals surface area contributed by atoms with E-state index in [1.165, 1.54) is 16.7 Å². The maximum absolute atomic E-state index is 11.8.